The Morgan fingerprint density at radius 3 is 3.40 bits per heavy atom. The molecule has 0 unspecified atom stereocenters. The van der Waals surface area contributed by atoms with Crippen LogP contribution >= 0.6 is 11.8 Å². The van der Waals surface area contributed by atoms with Crippen molar-refractivity contribution in [1.82, 2.24) is 5.32 Å². The maximum absolute atomic E-state index is 4.13. The van der Waals surface area contributed by atoms with Gasteiger partial charge in [0.1, 0.15) is 5.84 Å². The lowest BCUT2D eigenvalue weighted by atomic mass is 10.7. The third-order valence-corrected chi connectivity index (χ3v) is 2.07. The average Bonchev–Trinajstić information content (AvgIpc) is 2.41. The zero-order chi connectivity index (χ0) is 7.23. The fourth-order valence-corrected chi connectivity index (χ4v) is 1.35. The summed E-state index contributed by atoms with van der Waals surface area (Å²) in [5.74, 6) is 3.07. The molecule has 1 rings (SSSR count). The molecule has 1 radical (unpaired) electrons. The van der Waals surface area contributed by atoms with Crippen LogP contribution in [0.15, 0.2) is 17.6 Å². The van der Waals surface area contributed by atoms with E-state index in [1.165, 1.54) is 0 Å². The molecule has 1 aliphatic rings. The highest BCUT2D eigenvalue weighted by atomic mass is 32.2. The average molecular weight is 155 g/mol. The summed E-state index contributed by atoms with van der Waals surface area (Å²) in [4.78, 5) is 4.13. The van der Waals surface area contributed by atoms with Crippen molar-refractivity contribution in [2.75, 3.05) is 18.1 Å². The summed E-state index contributed by atoms with van der Waals surface area (Å²) in [7, 11) is 0. The Kier molecular flexibility index (Phi) is 3.36. The standard InChI is InChI=1S/C7H11N2S/c1-2-5-10-6-7-8-3-4-9-7/h2-3H,1,4-6H2,(H,8,9). The molecular weight excluding hydrogens is 144 g/mol. The zero-order valence-electron chi connectivity index (χ0n) is 5.84. The molecule has 1 heterocycles. The molecule has 0 amide bonds. The van der Waals surface area contributed by atoms with Gasteiger partial charge in [-0.3, -0.25) is 4.99 Å². The Morgan fingerprint density at radius 1 is 1.90 bits per heavy atom. The Hall–Kier alpha value is -0.440. The van der Waals surface area contributed by atoms with Crippen LogP contribution in [0.3, 0.4) is 0 Å². The number of hydrogen-bond acceptors (Lipinski definition) is 3. The Labute approximate surface area is 65.8 Å². The van der Waals surface area contributed by atoms with Crippen molar-refractivity contribution in [2.45, 2.75) is 0 Å². The molecule has 0 fully saturated rings. The van der Waals surface area contributed by atoms with Gasteiger partial charge in [-0.25, -0.2) is 0 Å². The summed E-state index contributed by atoms with van der Waals surface area (Å²) >= 11 is 1.82. The van der Waals surface area contributed by atoms with E-state index in [2.05, 4.69) is 16.9 Å². The number of hydrogen-bond donors (Lipinski definition) is 1. The van der Waals surface area contributed by atoms with E-state index in [1.54, 1.807) is 0 Å². The first kappa shape index (κ1) is 7.66. The van der Waals surface area contributed by atoms with Crippen LogP contribution in [0.25, 0.3) is 0 Å². The Bertz CT molecular complexity index is 143. The van der Waals surface area contributed by atoms with E-state index in [4.69, 9.17) is 0 Å². The monoisotopic (exact) mass is 155 g/mol. The molecule has 0 atom stereocenters. The smallest absolute Gasteiger partial charge is 0.107 e. The maximum Gasteiger partial charge on any atom is 0.107 e. The molecule has 1 aliphatic heterocycles. The van der Waals surface area contributed by atoms with Gasteiger partial charge in [0.25, 0.3) is 0 Å². The van der Waals surface area contributed by atoms with Crippen molar-refractivity contribution in [1.29, 1.82) is 0 Å². The third kappa shape index (κ3) is 2.43. The van der Waals surface area contributed by atoms with Crippen LogP contribution in [0, 0.1) is 6.54 Å². The van der Waals surface area contributed by atoms with Crippen molar-refractivity contribution in [3.8, 4) is 0 Å². The van der Waals surface area contributed by atoms with Gasteiger partial charge in [-0.05, 0) is 0 Å². The molecule has 0 aromatic rings. The lowest BCUT2D eigenvalue weighted by molar-refractivity contribution is 1.04. The first-order chi connectivity index (χ1) is 4.93. The maximum atomic E-state index is 4.13. The van der Waals surface area contributed by atoms with Gasteiger partial charge in [0.15, 0.2) is 0 Å². The highest BCUT2D eigenvalue weighted by Gasteiger charge is 2.02. The van der Waals surface area contributed by atoms with Gasteiger partial charge in [-0.1, -0.05) is 6.08 Å². The first-order valence-corrected chi connectivity index (χ1v) is 4.40. The number of rotatable bonds is 4. The molecule has 0 aromatic heterocycles. The van der Waals surface area contributed by atoms with Gasteiger partial charge < -0.3 is 5.32 Å². The summed E-state index contributed by atoms with van der Waals surface area (Å²) in [6, 6.07) is 0. The van der Waals surface area contributed by atoms with E-state index in [1.807, 2.05) is 24.4 Å². The number of thioether (sulfide) groups is 1. The minimum absolute atomic E-state index is 0.893. The van der Waals surface area contributed by atoms with Gasteiger partial charge in [0, 0.05) is 12.3 Å². The molecule has 0 saturated heterocycles. The molecule has 3 heteroatoms. The van der Waals surface area contributed by atoms with Crippen LogP contribution in [-0.4, -0.2) is 23.9 Å². The Morgan fingerprint density at radius 2 is 2.80 bits per heavy atom. The second-order valence-electron chi connectivity index (χ2n) is 1.94. The van der Waals surface area contributed by atoms with E-state index in [0.717, 1.165) is 23.9 Å². The molecule has 0 bridgehead atoms. The summed E-state index contributed by atoms with van der Waals surface area (Å²) in [5.41, 5.74) is 0. The fraction of sp³-hybridized carbons (Fsp3) is 0.429. The third-order valence-electron chi connectivity index (χ3n) is 1.12. The number of nitrogens with zero attached hydrogens (tertiary/aromatic N) is 1. The second-order valence-corrected chi connectivity index (χ2v) is 2.97. The van der Waals surface area contributed by atoms with Gasteiger partial charge >= 0.3 is 0 Å². The van der Waals surface area contributed by atoms with Gasteiger partial charge in [-0.15, -0.1) is 18.3 Å². The first-order valence-electron chi connectivity index (χ1n) is 3.24. The minimum Gasteiger partial charge on any atom is -0.371 e. The largest absolute Gasteiger partial charge is 0.371 e. The molecule has 1 N–H and O–H groups in total. The summed E-state index contributed by atoms with van der Waals surface area (Å²) in [6.45, 7) is 6.42. The second kappa shape index (κ2) is 4.39. The van der Waals surface area contributed by atoms with Crippen molar-refractivity contribution in [3.63, 3.8) is 0 Å². The lowest BCUT2D eigenvalue weighted by Crippen LogP contribution is -2.20. The zero-order valence-corrected chi connectivity index (χ0v) is 6.66. The van der Waals surface area contributed by atoms with Crippen LogP contribution in [0.4, 0.5) is 0 Å². The fourth-order valence-electron chi connectivity index (χ4n) is 0.692. The van der Waals surface area contributed by atoms with Gasteiger partial charge in [-0.2, -0.15) is 0 Å². The van der Waals surface area contributed by atoms with E-state index in [0.29, 0.717) is 0 Å². The van der Waals surface area contributed by atoms with Crippen LogP contribution in [0.5, 0.6) is 0 Å². The van der Waals surface area contributed by atoms with Crippen LogP contribution < -0.4 is 5.32 Å². The van der Waals surface area contributed by atoms with E-state index >= 15 is 0 Å². The summed E-state index contributed by atoms with van der Waals surface area (Å²) < 4.78 is 0. The van der Waals surface area contributed by atoms with E-state index in [9.17, 15) is 0 Å². The molecular formula is C7H11N2S. The van der Waals surface area contributed by atoms with Crippen LogP contribution in [-0.2, 0) is 0 Å². The highest BCUT2D eigenvalue weighted by Crippen LogP contribution is 2.02. The molecule has 0 saturated carbocycles. The lowest BCUT2D eigenvalue weighted by Gasteiger charge is -1.98. The quantitative estimate of drug-likeness (QED) is 0.485. The Balaban J connectivity index is 2.06. The number of aliphatic imine (C=N–C) groups is 1. The van der Waals surface area contributed by atoms with Gasteiger partial charge in [0.05, 0.1) is 12.3 Å². The number of nitrogens with one attached hydrogen (secondary N) is 1. The van der Waals surface area contributed by atoms with E-state index in [-0.39, 0.29) is 0 Å². The number of amidine groups is 1. The van der Waals surface area contributed by atoms with Gasteiger partial charge in [0.2, 0.25) is 0 Å². The van der Waals surface area contributed by atoms with Crippen LogP contribution in [0.1, 0.15) is 0 Å². The predicted molar refractivity (Wildman–Crippen MR) is 47.3 cm³/mol. The van der Waals surface area contributed by atoms with E-state index < -0.39 is 0 Å². The molecule has 0 aliphatic carbocycles. The molecule has 0 aromatic carbocycles. The normalized spacial score (nSPS) is 16.2. The predicted octanol–water partition coefficient (Wildman–Crippen LogP) is 1.07. The highest BCUT2D eigenvalue weighted by molar-refractivity contribution is 8.00. The SMILES string of the molecule is C=CCSCC1=N[CH]CN1. The molecule has 0 spiro atoms. The van der Waals surface area contributed by atoms with Crippen LogP contribution in [0.2, 0.25) is 0 Å². The summed E-state index contributed by atoms with van der Waals surface area (Å²) in [6.07, 6.45) is 1.91. The minimum atomic E-state index is 0.893. The summed E-state index contributed by atoms with van der Waals surface area (Å²) in [5, 5.41) is 3.15. The van der Waals surface area contributed by atoms with Crippen molar-refractivity contribution < 1.29 is 0 Å². The molecule has 10 heavy (non-hydrogen) atoms. The van der Waals surface area contributed by atoms with Crippen molar-refractivity contribution in [2.24, 2.45) is 4.99 Å². The van der Waals surface area contributed by atoms with Crippen molar-refractivity contribution >= 4 is 17.6 Å². The molecule has 55 valence electrons. The van der Waals surface area contributed by atoms with Crippen molar-refractivity contribution in [3.05, 3.63) is 19.2 Å². The molecule has 2 nitrogen and oxygen atoms in total. The topological polar surface area (TPSA) is 24.4 Å².